The van der Waals surface area contributed by atoms with E-state index in [0.29, 0.717) is 11.7 Å². The van der Waals surface area contributed by atoms with Gasteiger partial charge in [-0.05, 0) is 42.8 Å². The Hall–Kier alpha value is -1.20. The minimum absolute atomic E-state index is 0.217. The van der Waals surface area contributed by atoms with E-state index >= 15 is 0 Å². The molecule has 1 aliphatic rings. The van der Waals surface area contributed by atoms with Crippen molar-refractivity contribution in [1.29, 1.82) is 0 Å². The highest BCUT2D eigenvalue weighted by molar-refractivity contribution is 7.80. The molecule has 1 unspecified atom stereocenters. The van der Waals surface area contributed by atoms with Gasteiger partial charge in [-0.2, -0.15) is 0 Å². The van der Waals surface area contributed by atoms with Gasteiger partial charge in [-0.1, -0.05) is 12.1 Å². The molecule has 2 rings (SSSR count). The second-order valence-corrected chi connectivity index (χ2v) is 5.19. The van der Waals surface area contributed by atoms with E-state index in [1.807, 2.05) is 11.9 Å². The van der Waals surface area contributed by atoms with E-state index < -0.39 is 0 Å². The smallest absolute Gasteiger partial charge is 0.169 e. The molecule has 1 fully saturated rings. The van der Waals surface area contributed by atoms with E-state index in [9.17, 15) is 4.39 Å². The summed E-state index contributed by atoms with van der Waals surface area (Å²) >= 11 is 5.32. The highest BCUT2D eigenvalue weighted by Gasteiger charge is 2.16. The Morgan fingerprint density at radius 1 is 1.47 bits per heavy atom. The van der Waals surface area contributed by atoms with Crippen LogP contribution >= 0.6 is 12.2 Å². The minimum Gasteiger partial charge on any atom is -0.376 e. The quantitative estimate of drug-likeness (QED) is 0.857. The van der Waals surface area contributed by atoms with Crippen molar-refractivity contribution in [2.24, 2.45) is 0 Å². The summed E-state index contributed by atoms with van der Waals surface area (Å²) in [5.41, 5.74) is 1.03. The second kappa shape index (κ2) is 6.82. The molecule has 0 radical (unpaired) electrons. The molecule has 19 heavy (non-hydrogen) atoms. The fourth-order valence-corrected chi connectivity index (χ4v) is 2.22. The van der Waals surface area contributed by atoms with E-state index in [2.05, 4.69) is 5.32 Å². The lowest BCUT2D eigenvalue weighted by Crippen LogP contribution is -2.40. The number of rotatable bonds is 4. The van der Waals surface area contributed by atoms with Gasteiger partial charge in [-0.25, -0.2) is 4.39 Å². The number of benzene rings is 1. The molecule has 0 aliphatic carbocycles. The molecule has 0 aromatic heterocycles. The van der Waals surface area contributed by atoms with Crippen molar-refractivity contribution in [2.75, 3.05) is 20.2 Å². The first-order valence-electron chi connectivity index (χ1n) is 6.50. The van der Waals surface area contributed by atoms with Gasteiger partial charge in [-0.3, -0.25) is 0 Å². The molecule has 104 valence electrons. The zero-order valence-corrected chi connectivity index (χ0v) is 11.9. The molecular formula is C14H19FN2OS. The van der Waals surface area contributed by atoms with Crippen LogP contribution in [0.5, 0.6) is 0 Å². The Morgan fingerprint density at radius 3 is 2.84 bits per heavy atom. The second-order valence-electron chi connectivity index (χ2n) is 4.80. The first-order valence-corrected chi connectivity index (χ1v) is 6.91. The van der Waals surface area contributed by atoms with Crippen LogP contribution in [0.25, 0.3) is 0 Å². The minimum atomic E-state index is -0.217. The lowest BCUT2D eigenvalue weighted by atomic mass is 10.2. The van der Waals surface area contributed by atoms with Crippen molar-refractivity contribution in [3.05, 3.63) is 35.6 Å². The van der Waals surface area contributed by atoms with Crippen molar-refractivity contribution in [1.82, 2.24) is 10.2 Å². The SMILES string of the molecule is CN(Cc1ccc(F)cc1)C(=S)NCC1CCCO1. The van der Waals surface area contributed by atoms with Crippen molar-refractivity contribution >= 4 is 17.3 Å². The summed E-state index contributed by atoms with van der Waals surface area (Å²) in [5.74, 6) is -0.217. The van der Waals surface area contributed by atoms with Crippen LogP contribution in [0, 0.1) is 5.82 Å². The number of nitrogens with zero attached hydrogens (tertiary/aromatic N) is 1. The molecule has 1 N–H and O–H groups in total. The fraction of sp³-hybridized carbons (Fsp3) is 0.500. The van der Waals surface area contributed by atoms with Crippen LogP contribution in [0.4, 0.5) is 4.39 Å². The molecule has 1 saturated heterocycles. The van der Waals surface area contributed by atoms with Crippen molar-refractivity contribution in [3.8, 4) is 0 Å². The maximum Gasteiger partial charge on any atom is 0.169 e. The molecule has 0 spiro atoms. The van der Waals surface area contributed by atoms with Crippen LogP contribution in [0.2, 0.25) is 0 Å². The van der Waals surface area contributed by atoms with E-state index in [1.54, 1.807) is 12.1 Å². The monoisotopic (exact) mass is 282 g/mol. The van der Waals surface area contributed by atoms with E-state index in [4.69, 9.17) is 17.0 Å². The van der Waals surface area contributed by atoms with Crippen LogP contribution in [-0.4, -0.2) is 36.3 Å². The molecule has 1 aliphatic heterocycles. The van der Waals surface area contributed by atoms with E-state index in [1.165, 1.54) is 12.1 Å². The van der Waals surface area contributed by atoms with Gasteiger partial charge in [0.15, 0.2) is 5.11 Å². The Bertz CT molecular complexity index is 418. The Labute approximate surface area is 118 Å². The molecule has 3 nitrogen and oxygen atoms in total. The maximum atomic E-state index is 12.8. The average Bonchev–Trinajstić information content (AvgIpc) is 2.91. The van der Waals surface area contributed by atoms with Crippen molar-refractivity contribution < 1.29 is 9.13 Å². The third-order valence-electron chi connectivity index (χ3n) is 3.18. The average molecular weight is 282 g/mol. The predicted octanol–water partition coefficient (Wildman–Crippen LogP) is 2.31. The van der Waals surface area contributed by atoms with Crippen LogP contribution in [0.15, 0.2) is 24.3 Å². The van der Waals surface area contributed by atoms with Gasteiger partial charge in [0.1, 0.15) is 5.82 Å². The summed E-state index contributed by atoms with van der Waals surface area (Å²) in [6, 6.07) is 6.47. The molecule has 1 aromatic rings. The molecule has 0 amide bonds. The fourth-order valence-electron chi connectivity index (χ4n) is 2.08. The van der Waals surface area contributed by atoms with Gasteiger partial charge in [0.25, 0.3) is 0 Å². The molecule has 5 heteroatoms. The largest absolute Gasteiger partial charge is 0.376 e. The van der Waals surface area contributed by atoms with Crippen molar-refractivity contribution in [3.63, 3.8) is 0 Å². The number of halogens is 1. The number of hydrogen-bond acceptors (Lipinski definition) is 2. The van der Waals surface area contributed by atoms with Crippen LogP contribution in [-0.2, 0) is 11.3 Å². The summed E-state index contributed by atoms with van der Waals surface area (Å²) in [6.45, 7) is 2.27. The Kier molecular flexibility index (Phi) is 5.10. The van der Waals surface area contributed by atoms with E-state index in [0.717, 1.165) is 31.6 Å². The molecule has 1 atom stereocenters. The summed E-state index contributed by atoms with van der Waals surface area (Å²) in [4.78, 5) is 1.94. The molecule has 1 aromatic carbocycles. The topological polar surface area (TPSA) is 24.5 Å². The summed E-state index contributed by atoms with van der Waals surface area (Å²) in [7, 11) is 1.92. The maximum absolute atomic E-state index is 12.8. The molecule has 0 bridgehead atoms. The zero-order valence-electron chi connectivity index (χ0n) is 11.1. The molecule has 1 heterocycles. The highest BCUT2D eigenvalue weighted by atomic mass is 32.1. The third-order valence-corrected chi connectivity index (χ3v) is 3.64. The van der Waals surface area contributed by atoms with Gasteiger partial charge in [0, 0.05) is 26.7 Å². The van der Waals surface area contributed by atoms with Gasteiger partial charge >= 0.3 is 0 Å². The number of nitrogens with one attached hydrogen (secondary N) is 1. The third kappa shape index (κ3) is 4.44. The number of hydrogen-bond donors (Lipinski definition) is 1. The first-order chi connectivity index (χ1) is 9.15. The van der Waals surface area contributed by atoms with Crippen LogP contribution in [0.1, 0.15) is 18.4 Å². The predicted molar refractivity (Wildman–Crippen MR) is 77.4 cm³/mol. The Balaban J connectivity index is 1.76. The summed E-state index contributed by atoms with van der Waals surface area (Å²) in [5, 5.41) is 3.91. The normalized spacial score (nSPS) is 18.3. The number of thiocarbonyl (C=S) groups is 1. The summed E-state index contributed by atoms with van der Waals surface area (Å²) < 4.78 is 18.3. The zero-order chi connectivity index (χ0) is 13.7. The molecular weight excluding hydrogens is 263 g/mol. The van der Waals surface area contributed by atoms with Gasteiger partial charge in [-0.15, -0.1) is 0 Å². The van der Waals surface area contributed by atoms with Gasteiger partial charge in [0.2, 0.25) is 0 Å². The van der Waals surface area contributed by atoms with Crippen LogP contribution < -0.4 is 5.32 Å². The lowest BCUT2D eigenvalue weighted by Gasteiger charge is -2.22. The lowest BCUT2D eigenvalue weighted by molar-refractivity contribution is 0.113. The van der Waals surface area contributed by atoms with Crippen molar-refractivity contribution in [2.45, 2.75) is 25.5 Å². The standard InChI is InChI=1S/C14H19FN2OS/c1-17(10-11-4-6-12(15)7-5-11)14(19)16-9-13-3-2-8-18-13/h4-7,13H,2-3,8-10H2,1H3,(H,16,19). The van der Waals surface area contributed by atoms with Crippen LogP contribution in [0.3, 0.4) is 0 Å². The molecule has 0 saturated carbocycles. The summed E-state index contributed by atoms with van der Waals surface area (Å²) in [6.07, 6.45) is 2.50. The first kappa shape index (κ1) is 14.2. The Morgan fingerprint density at radius 2 is 2.21 bits per heavy atom. The van der Waals surface area contributed by atoms with Gasteiger partial charge in [0.05, 0.1) is 6.10 Å². The highest BCUT2D eigenvalue weighted by Crippen LogP contribution is 2.11. The van der Waals surface area contributed by atoms with Gasteiger partial charge < -0.3 is 15.0 Å². The number of ether oxygens (including phenoxy) is 1. The van der Waals surface area contributed by atoms with E-state index in [-0.39, 0.29) is 11.9 Å².